The first kappa shape index (κ1) is 19.7. The molecule has 32 heavy (non-hydrogen) atoms. The second kappa shape index (κ2) is 8.86. The monoisotopic (exact) mass is 418 g/mol. The predicted molar refractivity (Wildman–Crippen MR) is 124 cm³/mol. The van der Waals surface area contributed by atoms with Crippen LogP contribution in [0, 0.1) is 0 Å². The number of aromatic nitrogens is 4. The Kier molecular flexibility index (Phi) is 5.45. The molecule has 0 saturated heterocycles. The summed E-state index contributed by atoms with van der Waals surface area (Å²) in [5, 5.41) is 22.8. The van der Waals surface area contributed by atoms with E-state index >= 15 is 0 Å². The summed E-state index contributed by atoms with van der Waals surface area (Å²) in [6.45, 7) is 0. The highest BCUT2D eigenvalue weighted by atomic mass is 16.3. The Balaban J connectivity index is 1.55. The Labute approximate surface area is 186 Å². The van der Waals surface area contributed by atoms with Crippen molar-refractivity contribution >= 4 is 0 Å². The summed E-state index contributed by atoms with van der Waals surface area (Å²) in [7, 11) is 0. The number of rotatable bonds is 6. The van der Waals surface area contributed by atoms with Gasteiger partial charge in [0, 0.05) is 12.3 Å². The molecule has 0 radical (unpaired) electrons. The van der Waals surface area contributed by atoms with E-state index in [1.165, 1.54) is 11.1 Å². The highest BCUT2D eigenvalue weighted by molar-refractivity contribution is 5.51. The molecule has 0 aliphatic carbocycles. The molecule has 5 aromatic rings. The zero-order valence-electron chi connectivity index (χ0n) is 17.4. The second-order valence-corrected chi connectivity index (χ2v) is 7.65. The van der Waals surface area contributed by atoms with E-state index in [0.717, 1.165) is 16.8 Å². The SMILES string of the molecule is Oc1ccc(Cc2nnn(-c3ccccc3C(c3ccccc3)c3ccccc3)n2)cc1. The fourth-order valence-electron chi connectivity index (χ4n) is 3.97. The number of hydrogen-bond acceptors (Lipinski definition) is 4. The van der Waals surface area contributed by atoms with E-state index < -0.39 is 0 Å². The quantitative estimate of drug-likeness (QED) is 0.388. The third-order valence-electron chi connectivity index (χ3n) is 5.48. The van der Waals surface area contributed by atoms with Crippen LogP contribution in [-0.4, -0.2) is 25.3 Å². The molecule has 0 bridgehead atoms. The fourth-order valence-corrected chi connectivity index (χ4v) is 3.97. The standard InChI is InChI=1S/C27H22N4O/c32-23-17-15-20(16-18-23)19-26-28-30-31(29-26)25-14-8-7-13-24(25)27(21-9-3-1-4-10-21)22-11-5-2-6-12-22/h1-18,27,32H,19H2. The Morgan fingerprint density at radius 2 is 1.28 bits per heavy atom. The van der Waals surface area contributed by atoms with Crippen molar-refractivity contribution in [3.05, 3.63) is 137 Å². The maximum absolute atomic E-state index is 9.50. The summed E-state index contributed by atoms with van der Waals surface area (Å²) in [5.41, 5.74) is 5.43. The minimum absolute atomic E-state index is 0.0418. The number of tetrazole rings is 1. The highest BCUT2D eigenvalue weighted by Crippen LogP contribution is 2.34. The molecular formula is C27H22N4O. The van der Waals surface area contributed by atoms with E-state index in [1.54, 1.807) is 16.9 Å². The molecule has 0 aliphatic heterocycles. The largest absolute Gasteiger partial charge is 0.508 e. The maximum atomic E-state index is 9.50. The van der Waals surface area contributed by atoms with Crippen molar-refractivity contribution in [3.63, 3.8) is 0 Å². The lowest BCUT2D eigenvalue weighted by Crippen LogP contribution is -2.10. The van der Waals surface area contributed by atoms with Crippen LogP contribution in [0.25, 0.3) is 5.69 Å². The third-order valence-corrected chi connectivity index (χ3v) is 5.48. The maximum Gasteiger partial charge on any atom is 0.179 e. The minimum atomic E-state index is 0.0418. The molecule has 5 heteroatoms. The van der Waals surface area contributed by atoms with Gasteiger partial charge in [-0.1, -0.05) is 91.0 Å². The van der Waals surface area contributed by atoms with Crippen LogP contribution in [0.4, 0.5) is 0 Å². The van der Waals surface area contributed by atoms with Crippen LogP contribution in [0.15, 0.2) is 109 Å². The Hall–Kier alpha value is -4.25. The van der Waals surface area contributed by atoms with Crippen LogP contribution in [0.3, 0.4) is 0 Å². The van der Waals surface area contributed by atoms with Crippen molar-refractivity contribution in [1.29, 1.82) is 0 Å². The highest BCUT2D eigenvalue weighted by Gasteiger charge is 2.21. The smallest absolute Gasteiger partial charge is 0.179 e. The summed E-state index contributed by atoms with van der Waals surface area (Å²) >= 11 is 0. The Bertz CT molecular complexity index is 1260. The van der Waals surface area contributed by atoms with Gasteiger partial charge < -0.3 is 5.11 Å². The van der Waals surface area contributed by atoms with Gasteiger partial charge in [-0.3, -0.25) is 0 Å². The number of phenols is 1. The van der Waals surface area contributed by atoms with Crippen LogP contribution in [0.5, 0.6) is 5.75 Å². The summed E-state index contributed by atoms with van der Waals surface area (Å²) in [4.78, 5) is 1.62. The molecule has 5 rings (SSSR count). The number of benzene rings is 4. The minimum Gasteiger partial charge on any atom is -0.508 e. The Morgan fingerprint density at radius 3 is 1.94 bits per heavy atom. The van der Waals surface area contributed by atoms with Crippen molar-refractivity contribution in [3.8, 4) is 11.4 Å². The normalized spacial score (nSPS) is 11.0. The number of phenolic OH excluding ortho intramolecular Hbond substituents is 1. The van der Waals surface area contributed by atoms with Gasteiger partial charge >= 0.3 is 0 Å². The zero-order chi connectivity index (χ0) is 21.8. The second-order valence-electron chi connectivity index (χ2n) is 7.65. The van der Waals surface area contributed by atoms with Crippen LogP contribution < -0.4 is 0 Å². The zero-order valence-corrected chi connectivity index (χ0v) is 17.4. The van der Waals surface area contributed by atoms with Crippen molar-refractivity contribution in [1.82, 2.24) is 20.2 Å². The van der Waals surface area contributed by atoms with Gasteiger partial charge in [0.15, 0.2) is 5.82 Å². The van der Waals surface area contributed by atoms with E-state index in [-0.39, 0.29) is 11.7 Å². The molecular weight excluding hydrogens is 396 g/mol. The average Bonchev–Trinajstić information content (AvgIpc) is 3.31. The first-order valence-electron chi connectivity index (χ1n) is 10.5. The molecule has 0 fully saturated rings. The van der Waals surface area contributed by atoms with Gasteiger partial charge in [0.1, 0.15) is 5.75 Å². The lowest BCUT2D eigenvalue weighted by molar-refractivity contribution is 0.475. The molecule has 4 aromatic carbocycles. The van der Waals surface area contributed by atoms with Gasteiger partial charge in [0.2, 0.25) is 0 Å². The predicted octanol–water partition coefficient (Wildman–Crippen LogP) is 5.14. The van der Waals surface area contributed by atoms with Gasteiger partial charge in [-0.15, -0.1) is 15.0 Å². The van der Waals surface area contributed by atoms with Gasteiger partial charge in [0.25, 0.3) is 0 Å². The van der Waals surface area contributed by atoms with E-state index in [1.807, 2.05) is 42.5 Å². The van der Waals surface area contributed by atoms with E-state index in [9.17, 15) is 5.11 Å². The molecule has 1 heterocycles. The molecule has 1 N–H and O–H groups in total. The average molecular weight is 419 g/mol. The number of nitrogens with zero attached hydrogens (tertiary/aromatic N) is 4. The van der Waals surface area contributed by atoms with Crippen LogP contribution >= 0.6 is 0 Å². The van der Waals surface area contributed by atoms with Crippen molar-refractivity contribution in [2.45, 2.75) is 12.3 Å². The molecule has 1 aromatic heterocycles. The number of para-hydroxylation sites is 1. The summed E-state index contributed by atoms with van der Waals surface area (Å²) in [5.74, 6) is 0.911. The van der Waals surface area contributed by atoms with E-state index in [0.29, 0.717) is 12.2 Å². The summed E-state index contributed by atoms with van der Waals surface area (Å²) in [6, 6.07) is 36.2. The first-order chi connectivity index (χ1) is 15.8. The van der Waals surface area contributed by atoms with Gasteiger partial charge in [-0.05, 0) is 45.7 Å². The molecule has 0 aliphatic rings. The first-order valence-corrected chi connectivity index (χ1v) is 10.5. The van der Waals surface area contributed by atoms with Crippen LogP contribution in [0.1, 0.15) is 34.0 Å². The van der Waals surface area contributed by atoms with Crippen LogP contribution in [-0.2, 0) is 6.42 Å². The molecule has 0 unspecified atom stereocenters. The third kappa shape index (κ3) is 4.14. The molecule has 0 saturated carbocycles. The topological polar surface area (TPSA) is 63.8 Å². The fraction of sp³-hybridized carbons (Fsp3) is 0.0741. The molecule has 0 atom stereocenters. The van der Waals surface area contributed by atoms with E-state index in [4.69, 9.17) is 0 Å². The number of aromatic hydroxyl groups is 1. The van der Waals surface area contributed by atoms with Gasteiger partial charge in [0.05, 0.1) is 5.69 Å². The van der Waals surface area contributed by atoms with E-state index in [2.05, 4.69) is 70.0 Å². The molecule has 5 nitrogen and oxygen atoms in total. The Morgan fingerprint density at radius 1 is 0.688 bits per heavy atom. The lowest BCUT2D eigenvalue weighted by Gasteiger charge is -2.21. The van der Waals surface area contributed by atoms with Crippen molar-refractivity contribution in [2.24, 2.45) is 0 Å². The van der Waals surface area contributed by atoms with Crippen LogP contribution in [0.2, 0.25) is 0 Å². The van der Waals surface area contributed by atoms with Crippen molar-refractivity contribution in [2.75, 3.05) is 0 Å². The lowest BCUT2D eigenvalue weighted by atomic mass is 9.84. The summed E-state index contributed by atoms with van der Waals surface area (Å²) < 4.78 is 0. The molecule has 156 valence electrons. The molecule has 0 spiro atoms. The van der Waals surface area contributed by atoms with Gasteiger partial charge in [-0.25, -0.2) is 0 Å². The number of hydrogen-bond donors (Lipinski definition) is 1. The molecule has 0 amide bonds. The van der Waals surface area contributed by atoms with Gasteiger partial charge in [-0.2, -0.15) is 0 Å². The summed E-state index contributed by atoms with van der Waals surface area (Å²) in [6.07, 6.45) is 0.545. The van der Waals surface area contributed by atoms with Crippen molar-refractivity contribution < 1.29 is 5.11 Å².